The molecule has 0 radical (unpaired) electrons. The van der Waals surface area contributed by atoms with E-state index in [4.69, 9.17) is 0 Å². The van der Waals surface area contributed by atoms with Crippen LogP contribution in [-0.4, -0.2) is 6.54 Å². The van der Waals surface area contributed by atoms with Crippen molar-refractivity contribution in [1.29, 1.82) is 0 Å². The predicted octanol–water partition coefficient (Wildman–Crippen LogP) is 3.30. The number of benzene rings is 1. The zero-order valence-corrected chi connectivity index (χ0v) is 9.82. The maximum atomic E-state index is 3.47. The first-order valence-electron chi connectivity index (χ1n) is 5.96. The fourth-order valence-electron chi connectivity index (χ4n) is 1.85. The van der Waals surface area contributed by atoms with Gasteiger partial charge in [0, 0.05) is 13.1 Å². The number of rotatable bonds is 4. The van der Waals surface area contributed by atoms with Gasteiger partial charge >= 0.3 is 0 Å². The van der Waals surface area contributed by atoms with Crippen LogP contribution in [-0.2, 0) is 6.54 Å². The molecule has 1 aliphatic rings. The van der Waals surface area contributed by atoms with E-state index in [0.717, 1.165) is 13.1 Å². The molecule has 1 N–H and O–H groups in total. The minimum absolute atomic E-state index is 0.706. The summed E-state index contributed by atoms with van der Waals surface area (Å²) in [5.41, 5.74) is 2.75. The van der Waals surface area contributed by atoms with Crippen molar-refractivity contribution in [3.8, 4) is 0 Å². The lowest BCUT2D eigenvalue weighted by Gasteiger charge is -2.12. The Hall–Kier alpha value is -1.34. The highest BCUT2D eigenvalue weighted by atomic mass is 14.8. The molecular weight excluding hydrogens is 194 g/mol. The summed E-state index contributed by atoms with van der Waals surface area (Å²) >= 11 is 0. The van der Waals surface area contributed by atoms with Gasteiger partial charge in [0.1, 0.15) is 0 Å². The SMILES string of the molecule is CC1C=CC(CNCc2ccccc2)=CC1. The second-order valence-corrected chi connectivity index (χ2v) is 4.44. The molecule has 0 spiro atoms. The molecule has 1 aliphatic carbocycles. The molecule has 0 saturated carbocycles. The molecule has 84 valence electrons. The van der Waals surface area contributed by atoms with Gasteiger partial charge in [-0.3, -0.25) is 0 Å². The molecule has 1 atom stereocenters. The highest BCUT2D eigenvalue weighted by Gasteiger charge is 2.02. The van der Waals surface area contributed by atoms with Gasteiger partial charge in [-0.15, -0.1) is 0 Å². The Kier molecular flexibility index (Phi) is 3.95. The molecule has 0 saturated heterocycles. The highest BCUT2D eigenvalue weighted by Crippen LogP contribution is 2.14. The van der Waals surface area contributed by atoms with Crippen LogP contribution in [0.2, 0.25) is 0 Å². The fraction of sp³-hybridized carbons (Fsp3) is 0.333. The van der Waals surface area contributed by atoms with Gasteiger partial charge in [-0.25, -0.2) is 0 Å². The molecular formula is C15H19N. The van der Waals surface area contributed by atoms with Crippen molar-refractivity contribution in [2.24, 2.45) is 5.92 Å². The van der Waals surface area contributed by atoms with Crippen molar-refractivity contribution in [2.45, 2.75) is 19.9 Å². The normalized spacial score (nSPS) is 19.6. The van der Waals surface area contributed by atoms with Crippen molar-refractivity contribution >= 4 is 0 Å². The Morgan fingerprint density at radius 1 is 1.19 bits per heavy atom. The van der Waals surface area contributed by atoms with Crippen molar-refractivity contribution in [3.05, 3.63) is 59.7 Å². The molecule has 0 fully saturated rings. The van der Waals surface area contributed by atoms with Gasteiger partial charge in [-0.2, -0.15) is 0 Å². The summed E-state index contributed by atoms with van der Waals surface area (Å²) in [6, 6.07) is 10.5. The zero-order chi connectivity index (χ0) is 11.2. The Bertz CT molecular complexity index is 376. The maximum Gasteiger partial charge on any atom is 0.0208 e. The molecule has 1 nitrogen and oxygen atoms in total. The van der Waals surface area contributed by atoms with Gasteiger partial charge in [-0.1, -0.05) is 55.5 Å². The molecule has 0 aromatic heterocycles. The van der Waals surface area contributed by atoms with Crippen LogP contribution < -0.4 is 5.32 Å². The first kappa shape index (κ1) is 11.2. The minimum Gasteiger partial charge on any atom is -0.309 e. The molecule has 0 amide bonds. The van der Waals surface area contributed by atoms with Crippen molar-refractivity contribution in [1.82, 2.24) is 5.32 Å². The molecule has 1 aromatic carbocycles. The van der Waals surface area contributed by atoms with E-state index < -0.39 is 0 Å². The monoisotopic (exact) mass is 213 g/mol. The summed E-state index contributed by atoms with van der Waals surface area (Å²) in [6.45, 7) is 4.17. The smallest absolute Gasteiger partial charge is 0.0208 e. The third-order valence-electron chi connectivity index (χ3n) is 2.89. The molecule has 0 aliphatic heterocycles. The van der Waals surface area contributed by atoms with Gasteiger partial charge in [0.05, 0.1) is 0 Å². The fourth-order valence-corrected chi connectivity index (χ4v) is 1.85. The quantitative estimate of drug-likeness (QED) is 0.809. The van der Waals surface area contributed by atoms with Crippen LogP contribution in [0.3, 0.4) is 0 Å². The zero-order valence-electron chi connectivity index (χ0n) is 9.82. The number of hydrogen-bond acceptors (Lipinski definition) is 1. The van der Waals surface area contributed by atoms with E-state index in [2.05, 4.69) is 60.8 Å². The third-order valence-corrected chi connectivity index (χ3v) is 2.89. The Morgan fingerprint density at radius 2 is 2.00 bits per heavy atom. The average Bonchev–Trinajstić information content (AvgIpc) is 2.33. The van der Waals surface area contributed by atoms with Crippen LogP contribution in [0.1, 0.15) is 18.9 Å². The Labute approximate surface area is 97.9 Å². The van der Waals surface area contributed by atoms with Crippen LogP contribution in [0, 0.1) is 5.92 Å². The van der Waals surface area contributed by atoms with Crippen LogP contribution in [0.15, 0.2) is 54.1 Å². The topological polar surface area (TPSA) is 12.0 Å². The molecule has 0 heterocycles. The molecule has 16 heavy (non-hydrogen) atoms. The van der Waals surface area contributed by atoms with E-state index in [0.29, 0.717) is 5.92 Å². The summed E-state index contributed by atoms with van der Waals surface area (Å²) in [5, 5.41) is 3.47. The average molecular weight is 213 g/mol. The van der Waals surface area contributed by atoms with Crippen LogP contribution in [0.25, 0.3) is 0 Å². The number of nitrogens with one attached hydrogen (secondary N) is 1. The van der Waals surface area contributed by atoms with Crippen molar-refractivity contribution in [3.63, 3.8) is 0 Å². The molecule has 0 bridgehead atoms. The molecule has 1 heteroatoms. The highest BCUT2D eigenvalue weighted by molar-refractivity contribution is 5.25. The van der Waals surface area contributed by atoms with Gasteiger partial charge in [0.2, 0.25) is 0 Å². The lowest BCUT2D eigenvalue weighted by Crippen LogP contribution is -2.16. The van der Waals surface area contributed by atoms with Gasteiger partial charge in [0.15, 0.2) is 0 Å². The first-order valence-corrected chi connectivity index (χ1v) is 5.96. The van der Waals surface area contributed by atoms with Gasteiger partial charge in [0.25, 0.3) is 0 Å². The summed E-state index contributed by atoms with van der Waals surface area (Å²) in [5.74, 6) is 0.706. The Morgan fingerprint density at radius 3 is 2.69 bits per heavy atom. The lowest BCUT2D eigenvalue weighted by molar-refractivity contribution is 0.704. The summed E-state index contributed by atoms with van der Waals surface area (Å²) < 4.78 is 0. The second kappa shape index (κ2) is 5.66. The third kappa shape index (κ3) is 3.35. The maximum absolute atomic E-state index is 3.47. The van der Waals surface area contributed by atoms with Crippen LogP contribution >= 0.6 is 0 Å². The lowest BCUT2D eigenvalue weighted by atomic mass is 9.98. The van der Waals surface area contributed by atoms with Gasteiger partial charge < -0.3 is 5.32 Å². The van der Waals surface area contributed by atoms with Gasteiger partial charge in [-0.05, 0) is 23.5 Å². The largest absolute Gasteiger partial charge is 0.309 e. The van der Waals surface area contributed by atoms with E-state index in [1.54, 1.807) is 0 Å². The second-order valence-electron chi connectivity index (χ2n) is 4.44. The van der Waals surface area contributed by atoms with E-state index in [9.17, 15) is 0 Å². The predicted molar refractivity (Wildman–Crippen MR) is 69.2 cm³/mol. The summed E-state index contributed by atoms with van der Waals surface area (Å²) in [4.78, 5) is 0. The van der Waals surface area contributed by atoms with Crippen molar-refractivity contribution < 1.29 is 0 Å². The van der Waals surface area contributed by atoms with E-state index >= 15 is 0 Å². The van der Waals surface area contributed by atoms with E-state index in [-0.39, 0.29) is 0 Å². The molecule has 1 aromatic rings. The standard InChI is InChI=1S/C15H19N/c1-13-7-9-15(10-8-13)12-16-11-14-5-3-2-4-6-14/h2-7,9-10,13,16H,8,11-12H2,1H3. The molecule has 2 rings (SSSR count). The Balaban J connectivity index is 1.75. The summed E-state index contributed by atoms with van der Waals surface area (Å²) in [7, 11) is 0. The summed E-state index contributed by atoms with van der Waals surface area (Å²) in [6.07, 6.45) is 8.05. The number of hydrogen-bond donors (Lipinski definition) is 1. The molecule has 1 unspecified atom stereocenters. The number of allylic oxidation sites excluding steroid dienone is 2. The first-order chi connectivity index (χ1) is 7.84. The van der Waals surface area contributed by atoms with E-state index in [1.807, 2.05) is 0 Å². The van der Waals surface area contributed by atoms with Crippen molar-refractivity contribution in [2.75, 3.05) is 6.54 Å². The van der Waals surface area contributed by atoms with Crippen LogP contribution in [0.4, 0.5) is 0 Å². The minimum atomic E-state index is 0.706. The van der Waals surface area contributed by atoms with Crippen LogP contribution in [0.5, 0.6) is 0 Å². The van der Waals surface area contributed by atoms with E-state index in [1.165, 1.54) is 17.6 Å².